The summed E-state index contributed by atoms with van der Waals surface area (Å²) in [7, 11) is 0. The number of aliphatic hydroxyl groups is 5. The lowest BCUT2D eigenvalue weighted by molar-refractivity contribution is -0.322. The van der Waals surface area contributed by atoms with E-state index in [9.17, 15) is 40.2 Å². The SMILES string of the molecule is C=C1C[C@]23C[C@@]1(O)CC[C@H]2[C@@]12CC[C@H](O[C@@H]4O[C@H](CO)[C@@H](O)[C@H](O)[C@H]4O)[C@@](C)(C(=O)O1)[C@H]2[C@@H]3C(=O)O. The van der Waals surface area contributed by atoms with Crippen molar-refractivity contribution in [3.05, 3.63) is 12.2 Å². The van der Waals surface area contributed by atoms with Crippen molar-refractivity contribution in [1.82, 2.24) is 0 Å². The average molecular weight is 511 g/mol. The van der Waals surface area contributed by atoms with E-state index < -0.39 is 89.2 Å². The summed E-state index contributed by atoms with van der Waals surface area (Å²) >= 11 is 0. The standard InChI is InChI=1S/C25H34O11/c1-10-7-23-9-24(10,33)5-3-12(23)25-6-4-13(22(2,21(32)36-25)18(25)14(23)19(30)31)35-20-17(29)16(28)15(27)11(8-26)34-20/h11-18,20,26-29,33H,1,3-9H2,2H3,(H,30,31)/t11-,12-,13+,14-,15-,16+,17-,18-,20+,22-,23+,24+,25-/m1/s1. The molecule has 200 valence electrons. The average Bonchev–Trinajstić information content (AvgIpc) is 3.24. The summed E-state index contributed by atoms with van der Waals surface area (Å²) < 4.78 is 17.8. The summed E-state index contributed by atoms with van der Waals surface area (Å²) in [6.07, 6.45) is -6.13. The molecule has 4 bridgehead atoms. The van der Waals surface area contributed by atoms with Gasteiger partial charge < -0.3 is 44.8 Å². The first-order valence-corrected chi connectivity index (χ1v) is 12.7. The molecule has 6 rings (SSSR count). The van der Waals surface area contributed by atoms with Crippen LogP contribution in [0.5, 0.6) is 0 Å². The molecule has 11 nitrogen and oxygen atoms in total. The van der Waals surface area contributed by atoms with Crippen LogP contribution in [-0.2, 0) is 23.8 Å². The van der Waals surface area contributed by atoms with Crippen LogP contribution in [0.2, 0.25) is 0 Å². The molecule has 11 heteroatoms. The van der Waals surface area contributed by atoms with Gasteiger partial charge in [-0.25, -0.2) is 0 Å². The predicted octanol–water partition coefficient (Wildman–Crippen LogP) is -0.925. The number of aliphatic carboxylic acids is 1. The Balaban J connectivity index is 1.39. The molecule has 13 atom stereocenters. The maximum absolute atomic E-state index is 13.5. The summed E-state index contributed by atoms with van der Waals surface area (Å²) in [5.41, 5.74) is -3.68. The Hall–Kier alpha value is -1.60. The molecule has 1 spiro atoms. The van der Waals surface area contributed by atoms with E-state index in [1.54, 1.807) is 6.92 Å². The van der Waals surface area contributed by atoms with Gasteiger partial charge in [-0.2, -0.15) is 0 Å². The van der Waals surface area contributed by atoms with Crippen molar-refractivity contribution in [2.45, 2.75) is 93.5 Å². The second-order valence-corrected chi connectivity index (χ2v) is 12.1. The lowest BCUT2D eigenvalue weighted by Gasteiger charge is -2.48. The minimum atomic E-state index is -1.65. The second-order valence-electron chi connectivity index (χ2n) is 12.1. The van der Waals surface area contributed by atoms with Gasteiger partial charge in [-0.15, -0.1) is 0 Å². The number of hydrogen-bond acceptors (Lipinski definition) is 10. The van der Waals surface area contributed by atoms with Crippen LogP contribution in [0, 0.1) is 28.6 Å². The van der Waals surface area contributed by atoms with Gasteiger partial charge in [0.15, 0.2) is 6.29 Å². The number of carboxylic acid groups (broad SMARTS) is 1. The zero-order chi connectivity index (χ0) is 26.0. The van der Waals surface area contributed by atoms with Crippen LogP contribution < -0.4 is 0 Å². The number of hydrogen-bond donors (Lipinski definition) is 6. The van der Waals surface area contributed by atoms with Crippen molar-refractivity contribution in [3.63, 3.8) is 0 Å². The summed E-state index contributed by atoms with van der Waals surface area (Å²) in [6, 6.07) is 0. The number of rotatable bonds is 4. The van der Waals surface area contributed by atoms with Crippen molar-refractivity contribution in [2.24, 2.45) is 28.6 Å². The van der Waals surface area contributed by atoms with Crippen molar-refractivity contribution in [2.75, 3.05) is 6.61 Å². The minimum absolute atomic E-state index is 0.241. The molecule has 4 aliphatic carbocycles. The molecule has 0 aromatic rings. The summed E-state index contributed by atoms with van der Waals surface area (Å²) in [5, 5.41) is 62.1. The third kappa shape index (κ3) is 2.72. The number of aliphatic hydroxyl groups excluding tert-OH is 4. The fraction of sp³-hybridized carbons (Fsp3) is 0.840. The fourth-order valence-corrected chi connectivity index (χ4v) is 9.18. The number of fused-ring (bicyclic) bond motifs is 1. The first-order chi connectivity index (χ1) is 16.9. The predicted molar refractivity (Wildman–Crippen MR) is 118 cm³/mol. The fourth-order valence-electron chi connectivity index (χ4n) is 9.18. The van der Waals surface area contributed by atoms with E-state index in [0.717, 1.165) is 0 Å². The Bertz CT molecular complexity index is 1010. The molecule has 6 aliphatic rings. The van der Waals surface area contributed by atoms with E-state index in [1.165, 1.54) is 0 Å². The first kappa shape index (κ1) is 24.7. The van der Waals surface area contributed by atoms with E-state index in [2.05, 4.69) is 6.58 Å². The van der Waals surface area contributed by atoms with Crippen molar-refractivity contribution < 1.29 is 54.4 Å². The molecule has 36 heavy (non-hydrogen) atoms. The number of carboxylic acids is 1. The number of carbonyl (C=O) groups is 2. The zero-order valence-electron chi connectivity index (χ0n) is 20.1. The smallest absolute Gasteiger partial charge is 0.315 e. The highest BCUT2D eigenvalue weighted by Crippen LogP contribution is 2.78. The molecule has 2 heterocycles. The third-order valence-corrected chi connectivity index (χ3v) is 10.7. The van der Waals surface area contributed by atoms with E-state index in [-0.39, 0.29) is 12.3 Å². The quantitative estimate of drug-likeness (QED) is 0.203. The van der Waals surface area contributed by atoms with E-state index in [4.69, 9.17) is 14.2 Å². The number of carbonyl (C=O) groups excluding carboxylic acids is 1. The molecule has 2 aliphatic heterocycles. The van der Waals surface area contributed by atoms with Gasteiger partial charge in [0, 0.05) is 11.8 Å². The molecular formula is C25H34O11. The molecule has 2 saturated heterocycles. The Labute approximate surface area is 207 Å². The Morgan fingerprint density at radius 1 is 1.17 bits per heavy atom. The van der Waals surface area contributed by atoms with Crippen LogP contribution in [0.1, 0.15) is 45.4 Å². The van der Waals surface area contributed by atoms with Gasteiger partial charge in [-0.05, 0) is 56.4 Å². The van der Waals surface area contributed by atoms with Gasteiger partial charge in [-0.1, -0.05) is 6.58 Å². The zero-order valence-corrected chi connectivity index (χ0v) is 20.1. The van der Waals surface area contributed by atoms with Gasteiger partial charge >= 0.3 is 11.9 Å². The maximum atomic E-state index is 13.5. The summed E-state index contributed by atoms with van der Waals surface area (Å²) in [6.45, 7) is 5.08. The van der Waals surface area contributed by atoms with Gasteiger partial charge in [0.1, 0.15) is 30.0 Å². The van der Waals surface area contributed by atoms with E-state index in [1.807, 2.05) is 0 Å². The van der Waals surface area contributed by atoms with Crippen LogP contribution >= 0.6 is 0 Å². The lowest BCUT2D eigenvalue weighted by Crippen LogP contribution is -2.62. The van der Waals surface area contributed by atoms with Crippen molar-refractivity contribution in [3.8, 4) is 0 Å². The lowest BCUT2D eigenvalue weighted by atomic mass is 9.59. The Kier molecular flexibility index (Phi) is 5.15. The number of ether oxygens (including phenoxy) is 3. The van der Waals surface area contributed by atoms with Crippen LogP contribution in [0.15, 0.2) is 12.2 Å². The number of esters is 1. The molecule has 0 amide bonds. The van der Waals surface area contributed by atoms with Gasteiger partial charge in [0.2, 0.25) is 0 Å². The van der Waals surface area contributed by atoms with Gasteiger partial charge in [0.25, 0.3) is 0 Å². The molecule has 0 aromatic carbocycles. The third-order valence-electron chi connectivity index (χ3n) is 10.7. The second kappa shape index (κ2) is 7.49. The molecule has 6 fully saturated rings. The van der Waals surface area contributed by atoms with Crippen LogP contribution in [0.25, 0.3) is 0 Å². The Morgan fingerprint density at radius 3 is 2.56 bits per heavy atom. The van der Waals surface area contributed by atoms with Crippen molar-refractivity contribution in [1.29, 1.82) is 0 Å². The van der Waals surface area contributed by atoms with E-state index >= 15 is 0 Å². The monoisotopic (exact) mass is 510 g/mol. The normalized spacial score (nSPS) is 57.3. The topological polar surface area (TPSA) is 183 Å². The highest BCUT2D eigenvalue weighted by molar-refractivity contribution is 5.85. The molecule has 0 radical (unpaired) electrons. The van der Waals surface area contributed by atoms with Crippen molar-refractivity contribution >= 4 is 11.9 Å². The highest BCUT2D eigenvalue weighted by atomic mass is 16.7. The minimum Gasteiger partial charge on any atom is -0.481 e. The summed E-state index contributed by atoms with van der Waals surface area (Å²) in [4.78, 5) is 26.4. The molecule has 6 N–H and O–H groups in total. The summed E-state index contributed by atoms with van der Waals surface area (Å²) in [5.74, 6) is -3.58. The van der Waals surface area contributed by atoms with Gasteiger partial charge in [0.05, 0.1) is 29.6 Å². The molecule has 0 unspecified atom stereocenters. The van der Waals surface area contributed by atoms with Crippen LogP contribution in [0.3, 0.4) is 0 Å². The first-order valence-electron chi connectivity index (χ1n) is 12.7. The molecule has 4 saturated carbocycles. The van der Waals surface area contributed by atoms with Gasteiger partial charge in [-0.3, -0.25) is 9.59 Å². The largest absolute Gasteiger partial charge is 0.481 e. The molecule has 0 aromatic heterocycles. The molecular weight excluding hydrogens is 476 g/mol. The van der Waals surface area contributed by atoms with Crippen LogP contribution in [0.4, 0.5) is 0 Å². The Morgan fingerprint density at radius 2 is 1.89 bits per heavy atom. The maximum Gasteiger partial charge on any atom is 0.315 e. The van der Waals surface area contributed by atoms with E-state index in [0.29, 0.717) is 37.7 Å². The van der Waals surface area contributed by atoms with Crippen LogP contribution in [-0.4, -0.2) is 97.2 Å². The highest BCUT2D eigenvalue weighted by Gasteiger charge is 2.84.